The fourth-order valence-electron chi connectivity index (χ4n) is 2.26. The summed E-state index contributed by atoms with van der Waals surface area (Å²) in [5.74, 6) is 0.766. The van der Waals surface area contributed by atoms with Crippen molar-refractivity contribution in [3.8, 4) is 0 Å². The van der Waals surface area contributed by atoms with Gasteiger partial charge in [0.15, 0.2) is 0 Å². The molecule has 0 bridgehead atoms. The minimum absolute atomic E-state index is 0.0772. The number of amides is 1. The second kappa shape index (κ2) is 7.42. The number of nitro benzene ring substituents is 1. The van der Waals surface area contributed by atoms with Gasteiger partial charge < -0.3 is 5.32 Å². The van der Waals surface area contributed by atoms with E-state index >= 15 is 0 Å². The minimum Gasteiger partial charge on any atom is -0.332 e. The summed E-state index contributed by atoms with van der Waals surface area (Å²) in [4.78, 5) is 21.8. The number of non-ortho nitro benzene ring substituents is 1. The number of hydrogen-bond acceptors (Lipinski definition) is 5. The van der Waals surface area contributed by atoms with Gasteiger partial charge in [0.2, 0.25) is 5.91 Å². The molecule has 1 aromatic carbocycles. The van der Waals surface area contributed by atoms with Crippen LogP contribution >= 0.6 is 11.8 Å². The zero-order valence-corrected chi connectivity index (χ0v) is 12.7. The third-order valence-corrected chi connectivity index (χ3v) is 4.40. The van der Waals surface area contributed by atoms with Crippen molar-refractivity contribution in [1.29, 1.82) is 0 Å². The molecule has 0 spiro atoms. The summed E-state index contributed by atoms with van der Waals surface area (Å²) < 4.78 is 0. The third kappa shape index (κ3) is 4.71. The molecule has 1 aromatic rings. The first-order chi connectivity index (χ1) is 10.1. The Hall–Kier alpha value is -1.60. The summed E-state index contributed by atoms with van der Waals surface area (Å²) in [6, 6.07) is 6.74. The molecule has 1 saturated heterocycles. The highest BCUT2D eigenvalue weighted by molar-refractivity contribution is 7.99. The van der Waals surface area contributed by atoms with Crippen LogP contribution in [0.4, 0.5) is 5.69 Å². The lowest BCUT2D eigenvalue weighted by Crippen LogP contribution is -2.54. The van der Waals surface area contributed by atoms with Gasteiger partial charge in [-0.15, -0.1) is 11.8 Å². The van der Waals surface area contributed by atoms with Crippen molar-refractivity contribution in [2.75, 3.05) is 0 Å². The van der Waals surface area contributed by atoms with Crippen LogP contribution in [0.25, 0.3) is 0 Å². The maximum absolute atomic E-state index is 11.7. The summed E-state index contributed by atoms with van der Waals surface area (Å²) in [7, 11) is 0. The largest absolute Gasteiger partial charge is 0.332 e. The highest BCUT2D eigenvalue weighted by Gasteiger charge is 2.25. The molecule has 114 valence electrons. The van der Waals surface area contributed by atoms with Crippen LogP contribution < -0.4 is 10.6 Å². The van der Waals surface area contributed by atoms with E-state index in [0.29, 0.717) is 12.2 Å². The monoisotopic (exact) mass is 309 g/mol. The second-order valence-corrected chi connectivity index (χ2v) is 6.13. The fraction of sp³-hybridized carbons (Fsp3) is 0.500. The molecule has 0 radical (unpaired) electrons. The summed E-state index contributed by atoms with van der Waals surface area (Å²) in [5.41, 5.74) is 0.994. The van der Waals surface area contributed by atoms with E-state index in [1.165, 1.54) is 12.1 Å². The van der Waals surface area contributed by atoms with Gasteiger partial charge in [-0.25, -0.2) is 0 Å². The number of thioether (sulfide) groups is 1. The van der Waals surface area contributed by atoms with Crippen molar-refractivity contribution in [3.63, 3.8) is 0 Å². The molecule has 0 aromatic heterocycles. The second-order valence-electron chi connectivity index (χ2n) is 5.04. The Morgan fingerprint density at radius 1 is 1.38 bits per heavy atom. The van der Waals surface area contributed by atoms with Gasteiger partial charge in [0.05, 0.1) is 4.92 Å². The van der Waals surface area contributed by atoms with E-state index in [4.69, 9.17) is 0 Å². The van der Waals surface area contributed by atoms with Crippen LogP contribution in [0.2, 0.25) is 0 Å². The maximum Gasteiger partial charge on any atom is 0.269 e. The fourth-order valence-corrected chi connectivity index (χ4v) is 3.32. The highest BCUT2D eigenvalue weighted by Crippen LogP contribution is 2.21. The first-order valence-electron chi connectivity index (χ1n) is 6.99. The van der Waals surface area contributed by atoms with E-state index in [9.17, 15) is 14.9 Å². The number of nitrogens with zero attached hydrogens (tertiary/aromatic N) is 1. The predicted molar refractivity (Wildman–Crippen MR) is 82.8 cm³/mol. The lowest BCUT2D eigenvalue weighted by molar-refractivity contribution is -0.384. The number of rotatable bonds is 6. The SMILES string of the molecule is CCCC1CC(=O)NC(SCc2ccc([N+](=O)[O-])cc2)N1. The Morgan fingerprint density at radius 2 is 2.10 bits per heavy atom. The van der Waals surface area contributed by atoms with Crippen LogP contribution in [0.3, 0.4) is 0 Å². The van der Waals surface area contributed by atoms with E-state index in [-0.39, 0.29) is 23.1 Å². The van der Waals surface area contributed by atoms with Crippen molar-refractivity contribution in [2.24, 2.45) is 0 Å². The van der Waals surface area contributed by atoms with E-state index in [1.54, 1.807) is 23.9 Å². The quantitative estimate of drug-likeness (QED) is 0.622. The van der Waals surface area contributed by atoms with Crippen LogP contribution in [0.5, 0.6) is 0 Å². The van der Waals surface area contributed by atoms with Gasteiger partial charge in [-0.2, -0.15) is 0 Å². The van der Waals surface area contributed by atoms with Gasteiger partial charge in [-0.1, -0.05) is 25.5 Å². The van der Waals surface area contributed by atoms with Crippen LogP contribution in [-0.2, 0) is 10.5 Å². The number of hydrogen-bond donors (Lipinski definition) is 2. The van der Waals surface area contributed by atoms with Gasteiger partial charge in [0.25, 0.3) is 5.69 Å². The summed E-state index contributed by atoms with van der Waals surface area (Å²) in [5, 5.41) is 16.9. The van der Waals surface area contributed by atoms with Crippen molar-refractivity contribution in [1.82, 2.24) is 10.6 Å². The van der Waals surface area contributed by atoms with Crippen molar-refractivity contribution in [2.45, 2.75) is 43.5 Å². The normalized spacial score (nSPS) is 21.9. The number of nitro groups is 1. The molecule has 1 fully saturated rings. The van der Waals surface area contributed by atoms with Gasteiger partial charge in [0, 0.05) is 30.3 Å². The molecule has 1 aliphatic rings. The molecule has 1 amide bonds. The van der Waals surface area contributed by atoms with E-state index in [1.807, 2.05) is 0 Å². The van der Waals surface area contributed by atoms with Crippen LogP contribution in [-0.4, -0.2) is 22.4 Å². The Kier molecular flexibility index (Phi) is 5.58. The number of benzene rings is 1. The van der Waals surface area contributed by atoms with Crippen molar-refractivity contribution >= 4 is 23.4 Å². The van der Waals surface area contributed by atoms with Gasteiger partial charge >= 0.3 is 0 Å². The van der Waals surface area contributed by atoms with E-state index in [2.05, 4.69) is 17.6 Å². The molecule has 1 aliphatic heterocycles. The first-order valence-corrected chi connectivity index (χ1v) is 8.03. The van der Waals surface area contributed by atoms with E-state index in [0.717, 1.165) is 18.4 Å². The number of carbonyl (C=O) groups excluding carboxylic acids is 1. The molecular formula is C14H19N3O3S. The Bertz CT molecular complexity index is 507. The summed E-state index contributed by atoms with van der Waals surface area (Å²) >= 11 is 1.59. The first kappa shape index (κ1) is 15.8. The van der Waals surface area contributed by atoms with Crippen molar-refractivity contribution in [3.05, 3.63) is 39.9 Å². The molecule has 2 unspecified atom stereocenters. The van der Waals surface area contributed by atoms with Crippen LogP contribution in [0, 0.1) is 10.1 Å². The third-order valence-electron chi connectivity index (χ3n) is 3.31. The molecule has 2 rings (SSSR count). The standard InChI is InChI=1S/C14H19N3O3S/c1-2-3-11-8-13(18)16-14(15-11)21-9-10-4-6-12(7-5-10)17(19)20/h4-7,11,14-15H,2-3,8-9H2,1H3,(H,16,18). The lowest BCUT2D eigenvalue weighted by Gasteiger charge is -2.31. The van der Waals surface area contributed by atoms with Gasteiger partial charge in [-0.05, 0) is 12.0 Å². The lowest BCUT2D eigenvalue weighted by atomic mass is 10.1. The Balaban J connectivity index is 1.86. The van der Waals surface area contributed by atoms with Crippen LogP contribution in [0.15, 0.2) is 24.3 Å². The molecule has 6 nitrogen and oxygen atoms in total. The van der Waals surface area contributed by atoms with Crippen molar-refractivity contribution < 1.29 is 9.72 Å². The Morgan fingerprint density at radius 3 is 2.71 bits per heavy atom. The molecule has 7 heteroatoms. The zero-order valence-electron chi connectivity index (χ0n) is 11.9. The Labute approximate surface area is 127 Å². The molecule has 2 N–H and O–H groups in total. The van der Waals surface area contributed by atoms with Gasteiger partial charge in [0.1, 0.15) is 5.50 Å². The zero-order chi connectivity index (χ0) is 15.2. The molecule has 21 heavy (non-hydrogen) atoms. The number of carbonyl (C=O) groups is 1. The smallest absolute Gasteiger partial charge is 0.269 e. The minimum atomic E-state index is -0.408. The van der Waals surface area contributed by atoms with Crippen LogP contribution in [0.1, 0.15) is 31.7 Å². The average Bonchev–Trinajstić information content (AvgIpc) is 2.45. The van der Waals surface area contributed by atoms with Gasteiger partial charge in [-0.3, -0.25) is 20.2 Å². The van der Waals surface area contributed by atoms with E-state index < -0.39 is 4.92 Å². The summed E-state index contributed by atoms with van der Waals surface area (Å²) in [6.07, 6.45) is 2.56. The predicted octanol–water partition coefficient (Wildman–Crippen LogP) is 2.39. The topological polar surface area (TPSA) is 84.3 Å². The highest BCUT2D eigenvalue weighted by atomic mass is 32.2. The molecule has 2 atom stereocenters. The summed E-state index contributed by atoms with van der Waals surface area (Å²) in [6.45, 7) is 2.10. The maximum atomic E-state index is 11.7. The molecule has 0 aliphatic carbocycles. The molecule has 1 heterocycles. The molecular weight excluding hydrogens is 290 g/mol. The average molecular weight is 309 g/mol. The molecule has 0 saturated carbocycles. The number of nitrogens with one attached hydrogen (secondary N) is 2.